The van der Waals surface area contributed by atoms with Crippen LogP contribution < -0.4 is 5.73 Å². The summed E-state index contributed by atoms with van der Waals surface area (Å²) < 4.78 is 1.70. The molecule has 1 aromatic rings. The van der Waals surface area contributed by atoms with Crippen LogP contribution in [0.2, 0.25) is 0 Å². The van der Waals surface area contributed by atoms with Crippen molar-refractivity contribution in [2.75, 3.05) is 31.9 Å². The molecule has 6 heteroatoms. The molecule has 3 heterocycles. The molecule has 1 aromatic heterocycles. The van der Waals surface area contributed by atoms with E-state index in [4.69, 9.17) is 5.73 Å². The molecule has 3 rings (SSSR count). The second kappa shape index (κ2) is 5.44. The lowest BCUT2D eigenvalue weighted by Gasteiger charge is -2.44. The Balaban J connectivity index is 1.76. The monoisotopic (exact) mass is 277 g/mol. The summed E-state index contributed by atoms with van der Waals surface area (Å²) in [6.07, 6.45) is 5.35. The Labute approximate surface area is 119 Å². The van der Waals surface area contributed by atoms with Crippen LogP contribution in [0.4, 0.5) is 5.69 Å². The number of nitrogen functional groups attached to an aromatic ring is 1. The number of aromatic nitrogens is 2. The first kappa shape index (κ1) is 13.4. The maximum absolute atomic E-state index is 12.7. The molecule has 0 radical (unpaired) electrons. The number of carbonyl (C=O) groups excluding carboxylic acids is 1. The van der Waals surface area contributed by atoms with Crippen molar-refractivity contribution in [2.45, 2.75) is 38.8 Å². The lowest BCUT2D eigenvalue weighted by Crippen LogP contribution is -2.56. The van der Waals surface area contributed by atoms with E-state index in [0.717, 1.165) is 19.6 Å². The molecule has 2 N–H and O–H groups in total. The van der Waals surface area contributed by atoms with Crippen LogP contribution in [-0.2, 0) is 6.54 Å². The number of hydrogen-bond acceptors (Lipinski definition) is 4. The number of fused-ring (bicyclic) bond motifs is 1. The molecule has 2 aliphatic heterocycles. The highest BCUT2D eigenvalue weighted by molar-refractivity contribution is 5.97. The summed E-state index contributed by atoms with van der Waals surface area (Å²) >= 11 is 0. The van der Waals surface area contributed by atoms with E-state index in [9.17, 15) is 4.79 Å². The van der Waals surface area contributed by atoms with Gasteiger partial charge >= 0.3 is 0 Å². The molecule has 0 bridgehead atoms. The molecule has 2 saturated heterocycles. The van der Waals surface area contributed by atoms with Gasteiger partial charge in [0.15, 0.2) is 0 Å². The van der Waals surface area contributed by atoms with Crippen LogP contribution in [0.15, 0.2) is 6.20 Å². The maximum atomic E-state index is 12.7. The first-order chi connectivity index (χ1) is 9.70. The Morgan fingerprint density at radius 3 is 3.05 bits per heavy atom. The second-order valence-electron chi connectivity index (χ2n) is 5.70. The molecule has 0 saturated carbocycles. The smallest absolute Gasteiger partial charge is 0.274 e. The molecule has 20 heavy (non-hydrogen) atoms. The highest BCUT2D eigenvalue weighted by Gasteiger charge is 2.32. The predicted molar refractivity (Wildman–Crippen MR) is 77.4 cm³/mol. The Bertz CT molecular complexity index is 498. The largest absolute Gasteiger partial charge is 0.396 e. The highest BCUT2D eigenvalue weighted by Crippen LogP contribution is 2.23. The minimum Gasteiger partial charge on any atom is -0.396 e. The van der Waals surface area contributed by atoms with E-state index in [1.54, 1.807) is 10.9 Å². The summed E-state index contributed by atoms with van der Waals surface area (Å²) in [4.78, 5) is 17.2. The number of anilines is 1. The van der Waals surface area contributed by atoms with E-state index in [0.29, 0.717) is 24.0 Å². The van der Waals surface area contributed by atoms with E-state index < -0.39 is 0 Å². The zero-order valence-corrected chi connectivity index (χ0v) is 12.1. The van der Waals surface area contributed by atoms with Crippen LogP contribution in [0.25, 0.3) is 0 Å². The van der Waals surface area contributed by atoms with Crippen molar-refractivity contribution in [3.8, 4) is 0 Å². The first-order valence-corrected chi connectivity index (χ1v) is 7.55. The Morgan fingerprint density at radius 1 is 1.40 bits per heavy atom. The molecule has 1 amide bonds. The fourth-order valence-corrected chi connectivity index (χ4v) is 3.36. The van der Waals surface area contributed by atoms with E-state index in [1.165, 1.54) is 25.8 Å². The van der Waals surface area contributed by atoms with Gasteiger partial charge in [-0.05, 0) is 26.3 Å². The van der Waals surface area contributed by atoms with Crippen molar-refractivity contribution in [1.29, 1.82) is 0 Å². The van der Waals surface area contributed by atoms with Crippen LogP contribution in [0, 0.1) is 0 Å². The standard InChI is InChI=1S/C14H23N5O/c1-2-19-13(12(15)9-16-19)14(20)18-8-7-17-6-4-3-5-11(17)10-18/h9,11H,2-8,10,15H2,1H3. The van der Waals surface area contributed by atoms with Crippen LogP contribution >= 0.6 is 0 Å². The van der Waals surface area contributed by atoms with Crippen molar-refractivity contribution in [3.63, 3.8) is 0 Å². The van der Waals surface area contributed by atoms with Gasteiger partial charge in [-0.15, -0.1) is 0 Å². The minimum absolute atomic E-state index is 0.0343. The topological polar surface area (TPSA) is 67.4 Å². The summed E-state index contributed by atoms with van der Waals surface area (Å²) in [6, 6.07) is 0.528. The Morgan fingerprint density at radius 2 is 2.25 bits per heavy atom. The molecule has 1 unspecified atom stereocenters. The summed E-state index contributed by atoms with van der Waals surface area (Å²) in [5.41, 5.74) is 6.96. The van der Waals surface area contributed by atoms with Crippen LogP contribution in [-0.4, -0.2) is 57.7 Å². The molecule has 0 spiro atoms. The number of piperidine rings is 1. The third-order valence-electron chi connectivity index (χ3n) is 4.49. The lowest BCUT2D eigenvalue weighted by atomic mass is 9.99. The zero-order valence-electron chi connectivity index (χ0n) is 12.1. The van der Waals surface area contributed by atoms with Crippen LogP contribution in [0.5, 0.6) is 0 Å². The first-order valence-electron chi connectivity index (χ1n) is 7.55. The third-order valence-corrected chi connectivity index (χ3v) is 4.49. The minimum atomic E-state index is 0.0343. The molecule has 1 atom stereocenters. The summed E-state index contributed by atoms with van der Waals surface area (Å²) in [6.45, 7) is 6.43. The Hall–Kier alpha value is -1.56. The molecule has 0 aromatic carbocycles. The van der Waals surface area contributed by atoms with Crippen LogP contribution in [0.1, 0.15) is 36.7 Å². The van der Waals surface area contributed by atoms with Gasteiger partial charge in [-0.2, -0.15) is 5.10 Å². The average Bonchev–Trinajstić information content (AvgIpc) is 2.87. The van der Waals surface area contributed by atoms with Gasteiger partial charge in [0.25, 0.3) is 5.91 Å². The van der Waals surface area contributed by atoms with Gasteiger partial charge < -0.3 is 10.6 Å². The fraction of sp³-hybridized carbons (Fsp3) is 0.714. The number of nitrogens with two attached hydrogens (primary N) is 1. The molecule has 2 aliphatic rings. The number of amides is 1. The number of hydrogen-bond donors (Lipinski definition) is 1. The van der Waals surface area contributed by atoms with Crippen molar-refractivity contribution < 1.29 is 4.79 Å². The number of rotatable bonds is 2. The van der Waals surface area contributed by atoms with Gasteiger partial charge in [0.2, 0.25) is 0 Å². The lowest BCUT2D eigenvalue weighted by molar-refractivity contribution is 0.0364. The third kappa shape index (κ3) is 2.28. The van der Waals surface area contributed by atoms with Gasteiger partial charge in [-0.1, -0.05) is 6.42 Å². The molecular weight excluding hydrogens is 254 g/mol. The Kier molecular flexibility index (Phi) is 3.65. The van der Waals surface area contributed by atoms with E-state index in [1.807, 2.05) is 11.8 Å². The van der Waals surface area contributed by atoms with Crippen LogP contribution in [0.3, 0.4) is 0 Å². The molecular formula is C14H23N5O. The van der Waals surface area contributed by atoms with Crippen molar-refractivity contribution in [1.82, 2.24) is 19.6 Å². The van der Waals surface area contributed by atoms with Gasteiger partial charge in [0.1, 0.15) is 5.69 Å². The van der Waals surface area contributed by atoms with E-state index in [-0.39, 0.29) is 5.91 Å². The molecule has 2 fully saturated rings. The van der Waals surface area contributed by atoms with Crippen molar-refractivity contribution in [2.24, 2.45) is 0 Å². The highest BCUT2D eigenvalue weighted by atomic mass is 16.2. The van der Waals surface area contributed by atoms with Crippen molar-refractivity contribution >= 4 is 11.6 Å². The van der Waals surface area contributed by atoms with Gasteiger partial charge in [-0.3, -0.25) is 14.4 Å². The number of nitrogens with zero attached hydrogens (tertiary/aromatic N) is 4. The molecule has 6 nitrogen and oxygen atoms in total. The fourth-order valence-electron chi connectivity index (χ4n) is 3.36. The quantitative estimate of drug-likeness (QED) is 0.868. The average molecular weight is 277 g/mol. The summed E-state index contributed by atoms with van der Waals surface area (Å²) in [7, 11) is 0. The normalized spacial score (nSPS) is 23.6. The van der Waals surface area contributed by atoms with E-state index in [2.05, 4.69) is 10.00 Å². The summed E-state index contributed by atoms with van der Waals surface area (Å²) in [5, 5.41) is 4.17. The van der Waals surface area contributed by atoms with Gasteiger partial charge in [0, 0.05) is 32.2 Å². The number of carbonyl (C=O) groups is 1. The number of aryl methyl sites for hydroxylation is 1. The summed E-state index contributed by atoms with van der Waals surface area (Å²) in [5.74, 6) is 0.0343. The second-order valence-corrected chi connectivity index (χ2v) is 5.70. The molecule has 110 valence electrons. The SMILES string of the molecule is CCn1ncc(N)c1C(=O)N1CCN2CCCCC2C1. The van der Waals surface area contributed by atoms with Crippen molar-refractivity contribution in [3.05, 3.63) is 11.9 Å². The predicted octanol–water partition coefficient (Wildman–Crippen LogP) is 0.795. The van der Waals surface area contributed by atoms with E-state index >= 15 is 0 Å². The van der Waals surface area contributed by atoms with Gasteiger partial charge in [0.05, 0.1) is 11.9 Å². The zero-order chi connectivity index (χ0) is 14.1. The number of piperazine rings is 1. The maximum Gasteiger partial charge on any atom is 0.274 e. The van der Waals surface area contributed by atoms with Gasteiger partial charge in [-0.25, -0.2) is 0 Å². The molecule has 0 aliphatic carbocycles.